The van der Waals surface area contributed by atoms with Crippen LogP contribution in [0.4, 0.5) is 5.13 Å². The molecule has 0 spiro atoms. The van der Waals surface area contributed by atoms with Gasteiger partial charge in [0.25, 0.3) is 0 Å². The third-order valence-electron chi connectivity index (χ3n) is 4.93. The van der Waals surface area contributed by atoms with Crippen molar-refractivity contribution in [2.24, 2.45) is 0 Å². The molecule has 1 amide bonds. The van der Waals surface area contributed by atoms with E-state index in [0.717, 1.165) is 22.2 Å². The van der Waals surface area contributed by atoms with Crippen LogP contribution in [0.1, 0.15) is 18.9 Å². The minimum Gasteiger partial charge on any atom is -0.308 e. The number of hydrogen-bond acceptors (Lipinski definition) is 6. The van der Waals surface area contributed by atoms with Crippen molar-refractivity contribution >= 4 is 54.0 Å². The number of hydrogen-bond donors (Lipinski definition) is 0. The van der Waals surface area contributed by atoms with Gasteiger partial charge in [0.05, 0.1) is 20.9 Å². The molecule has 0 saturated heterocycles. The minimum absolute atomic E-state index is 0.116. The lowest BCUT2D eigenvalue weighted by molar-refractivity contribution is -0.118. The number of para-hydroxylation sites is 1. The number of sulfone groups is 1. The average Bonchev–Trinajstić information content (AvgIpc) is 3.16. The molecule has 1 heterocycles. The molecule has 0 bridgehead atoms. The van der Waals surface area contributed by atoms with E-state index in [2.05, 4.69) is 6.92 Å². The second-order valence-electron chi connectivity index (χ2n) is 7.49. The first-order chi connectivity index (χ1) is 14.7. The van der Waals surface area contributed by atoms with E-state index in [0.29, 0.717) is 23.2 Å². The van der Waals surface area contributed by atoms with Gasteiger partial charge < -0.3 is 4.90 Å². The van der Waals surface area contributed by atoms with Gasteiger partial charge in [-0.3, -0.25) is 9.69 Å². The van der Waals surface area contributed by atoms with Gasteiger partial charge in [0.2, 0.25) is 5.91 Å². The molecule has 3 aromatic rings. The maximum atomic E-state index is 13.1. The third-order valence-corrected chi connectivity index (χ3v) is 7.96. The number of benzene rings is 2. The highest BCUT2D eigenvalue weighted by Gasteiger charge is 2.23. The van der Waals surface area contributed by atoms with E-state index in [1.807, 2.05) is 37.2 Å². The first-order valence-corrected chi connectivity index (χ1v) is 12.9. The Morgan fingerprint density at radius 1 is 1.10 bits per heavy atom. The number of thiazole rings is 1. The van der Waals surface area contributed by atoms with Crippen molar-refractivity contribution in [1.29, 1.82) is 0 Å². The molecule has 1 aromatic heterocycles. The van der Waals surface area contributed by atoms with Crippen molar-refractivity contribution in [3.63, 3.8) is 0 Å². The van der Waals surface area contributed by atoms with Crippen molar-refractivity contribution < 1.29 is 13.2 Å². The first-order valence-electron chi connectivity index (χ1n) is 10.0. The zero-order valence-corrected chi connectivity index (χ0v) is 20.2. The van der Waals surface area contributed by atoms with Gasteiger partial charge in [-0.25, -0.2) is 13.4 Å². The van der Waals surface area contributed by atoms with E-state index >= 15 is 0 Å². The number of halogens is 1. The molecule has 2 aromatic carbocycles. The molecule has 9 heteroatoms. The van der Waals surface area contributed by atoms with Crippen LogP contribution in [0.5, 0.6) is 0 Å². The summed E-state index contributed by atoms with van der Waals surface area (Å²) in [6.45, 7) is 3.16. The second kappa shape index (κ2) is 10.1. The molecular weight excluding hydrogens is 454 g/mol. The summed E-state index contributed by atoms with van der Waals surface area (Å²) in [5, 5.41) is 1.07. The number of nitrogens with zero attached hydrogens (tertiary/aromatic N) is 3. The molecule has 166 valence electrons. The predicted octanol–water partition coefficient (Wildman–Crippen LogP) is 4.27. The van der Waals surface area contributed by atoms with Gasteiger partial charge in [-0.15, -0.1) is 0 Å². The fourth-order valence-electron chi connectivity index (χ4n) is 3.14. The van der Waals surface area contributed by atoms with E-state index < -0.39 is 9.84 Å². The molecule has 0 atom stereocenters. The number of likely N-dealkylation sites (N-methyl/N-ethyl adjacent to an activating group) is 1. The van der Waals surface area contributed by atoms with Crippen LogP contribution in [0.25, 0.3) is 10.2 Å². The van der Waals surface area contributed by atoms with Gasteiger partial charge in [-0.1, -0.05) is 42.0 Å². The lowest BCUT2D eigenvalue weighted by atomic mass is 10.1. The summed E-state index contributed by atoms with van der Waals surface area (Å²) in [5.41, 5.74) is 2.03. The SMILES string of the molecule is CCc1cccc2sc(N(CCN(C)C)C(=O)CCS(=O)(=O)c3ccc(Cl)cc3)nc12. The smallest absolute Gasteiger partial charge is 0.229 e. The Kier molecular flexibility index (Phi) is 7.69. The van der Waals surface area contributed by atoms with E-state index in [4.69, 9.17) is 16.6 Å². The highest BCUT2D eigenvalue weighted by Crippen LogP contribution is 2.31. The first kappa shape index (κ1) is 23.7. The van der Waals surface area contributed by atoms with Gasteiger partial charge in [0.15, 0.2) is 15.0 Å². The topological polar surface area (TPSA) is 70.6 Å². The quantitative estimate of drug-likeness (QED) is 0.458. The number of amides is 1. The van der Waals surface area contributed by atoms with Crippen LogP contribution in [0.3, 0.4) is 0 Å². The maximum Gasteiger partial charge on any atom is 0.229 e. The number of aryl methyl sites for hydroxylation is 1. The molecule has 0 fully saturated rings. The molecule has 31 heavy (non-hydrogen) atoms. The second-order valence-corrected chi connectivity index (χ2v) is 11.0. The van der Waals surface area contributed by atoms with E-state index in [1.54, 1.807) is 4.90 Å². The predicted molar refractivity (Wildman–Crippen MR) is 128 cm³/mol. The number of carbonyl (C=O) groups is 1. The highest BCUT2D eigenvalue weighted by atomic mass is 35.5. The van der Waals surface area contributed by atoms with Crippen LogP contribution in [0, 0.1) is 0 Å². The number of aromatic nitrogens is 1. The van der Waals surface area contributed by atoms with E-state index in [-0.39, 0.29) is 23.0 Å². The summed E-state index contributed by atoms with van der Waals surface area (Å²) in [6.07, 6.45) is 0.737. The summed E-state index contributed by atoms with van der Waals surface area (Å²) >= 11 is 7.31. The number of anilines is 1. The molecule has 0 aliphatic carbocycles. The van der Waals surface area contributed by atoms with Crippen molar-refractivity contribution in [1.82, 2.24) is 9.88 Å². The van der Waals surface area contributed by atoms with E-state index in [1.165, 1.54) is 35.6 Å². The van der Waals surface area contributed by atoms with E-state index in [9.17, 15) is 13.2 Å². The van der Waals surface area contributed by atoms with Crippen molar-refractivity contribution in [3.8, 4) is 0 Å². The molecule has 0 saturated carbocycles. The van der Waals surface area contributed by atoms with Crippen molar-refractivity contribution in [2.45, 2.75) is 24.7 Å². The van der Waals surface area contributed by atoms with Crippen LogP contribution in [0.2, 0.25) is 5.02 Å². The van der Waals surface area contributed by atoms with Crippen LogP contribution in [0.15, 0.2) is 47.4 Å². The van der Waals surface area contributed by atoms with Crippen LogP contribution < -0.4 is 4.90 Å². The zero-order chi connectivity index (χ0) is 22.6. The summed E-state index contributed by atoms with van der Waals surface area (Å²) in [7, 11) is 0.276. The Morgan fingerprint density at radius 2 is 1.81 bits per heavy atom. The lowest BCUT2D eigenvalue weighted by Gasteiger charge is -2.22. The van der Waals surface area contributed by atoms with Gasteiger partial charge in [-0.2, -0.15) is 0 Å². The normalized spacial score (nSPS) is 11.9. The van der Waals surface area contributed by atoms with Crippen LogP contribution in [-0.2, 0) is 21.1 Å². The number of fused-ring (bicyclic) bond motifs is 1. The van der Waals surface area contributed by atoms with Gasteiger partial charge in [-0.05, 0) is 56.4 Å². The average molecular weight is 480 g/mol. The number of rotatable bonds is 9. The standard InChI is InChI=1S/C22H26ClN3O3S2/c1-4-16-6-5-7-19-21(16)24-22(30-19)26(14-13-25(2)3)20(27)12-15-31(28,29)18-10-8-17(23)9-11-18/h5-11H,4,12-15H2,1-3H3. The molecule has 0 aliphatic rings. The Labute approximate surface area is 192 Å². The fraction of sp³-hybridized carbons (Fsp3) is 0.364. The van der Waals surface area contributed by atoms with Crippen molar-refractivity contribution in [3.05, 3.63) is 53.1 Å². The highest BCUT2D eigenvalue weighted by molar-refractivity contribution is 7.91. The molecule has 0 radical (unpaired) electrons. The largest absolute Gasteiger partial charge is 0.308 e. The van der Waals surface area contributed by atoms with Gasteiger partial charge in [0, 0.05) is 24.5 Å². The minimum atomic E-state index is -3.59. The summed E-state index contributed by atoms with van der Waals surface area (Å²) in [5.74, 6) is -0.520. The molecule has 3 rings (SSSR count). The Morgan fingerprint density at radius 3 is 2.45 bits per heavy atom. The Balaban J connectivity index is 1.83. The summed E-state index contributed by atoms with van der Waals surface area (Å²) < 4.78 is 26.3. The van der Waals surface area contributed by atoms with Gasteiger partial charge in [0.1, 0.15) is 0 Å². The maximum absolute atomic E-state index is 13.1. The molecule has 0 N–H and O–H groups in total. The van der Waals surface area contributed by atoms with Crippen LogP contribution >= 0.6 is 22.9 Å². The van der Waals surface area contributed by atoms with Gasteiger partial charge >= 0.3 is 0 Å². The summed E-state index contributed by atoms with van der Waals surface area (Å²) in [4.78, 5) is 21.6. The monoisotopic (exact) mass is 479 g/mol. The van der Waals surface area contributed by atoms with Crippen LogP contribution in [-0.4, -0.2) is 57.1 Å². The molecule has 6 nitrogen and oxygen atoms in total. The Bertz CT molecular complexity index is 1160. The molecule has 0 aliphatic heterocycles. The molecular formula is C22H26ClN3O3S2. The number of carbonyl (C=O) groups excluding carboxylic acids is 1. The zero-order valence-electron chi connectivity index (χ0n) is 17.8. The Hall–Kier alpha value is -2.00. The third kappa shape index (κ3) is 5.83. The lowest BCUT2D eigenvalue weighted by Crippen LogP contribution is -2.37. The summed E-state index contributed by atoms with van der Waals surface area (Å²) in [6, 6.07) is 12.0. The van der Waals surface area contributed by atoms with Crippen molar-refractivity contribution in [2.75, 3.05) is 37.8 Å². The fourth-order valence-corrected chi connectivity index (χ4v) is 5.55. The molecule has 0 unspecified atom stereocenters.